The van der Waals surface area contributed by atoms with Gasteiger partial charge >= 0.3 is 0 Å². The SMILES string of the molecule is CCC(N)Cc1ccc(OCC(=O)N(C)C(C)C)cn1. The first-order valence-corrected chi connectivity index (χ1v) is 7.03. The number of ether oxygens (including phenoxy) is 1. The van der Waals surface area contributed by atoms with Gasteiger partial charge in [0.1, 0.15) is 5.75 Å². The Balaban J connectivity index is 2.48. The van der Waals surface area contributed by atoms with Crippen LogP contribution in [-0.4, -0.2) is 41.5 Å². The number of rotatable bonds is 7. The van der Waals surface area contributed by atoms with Crippen LogP contribution in [-0.2, 0) is 11.2 Å². The van der Waals surface area contributed by atoms with Crippen molar-refractivity contribution in [1.29, 1.82) is 0 Å². The van der Waals surface area contributed by atoms with Gasteiger partial charge in [0, 0.05) is 31.2 Å². The number of carbonyl (C=O) groups excluding carboxylic acids is 1. The molecular weight excluding hydrogens is 254 g/mol. The van der Waals surface area contributed by atoms with Crippen LogP contribution in [0.2, 0.25) is 0 Å². The fourth-order valence-electron chi connectivity index (χ4n) is 1.56. The van der Waals surface area contributed by atoms with E-state index in [1.54, 1.807) is 18.1 Å². The van der Waals surface area contributed by atoms with Crippen molar-refractivity contribution in [3.05, 3.63) is 24.0 Å². The second-order valence-electron chi connectivity index (χ2n) is 5.24. The molecule has 1 heterocycles. The van der Waals surface area contributed by atoms with E-state index in [0.29, 0.717) is 5.75 Å². The predicted octanol–water partition coefficient (Wildman–Crippen LogP) is 1.61. The molecule has 1 aromatic heterocycles. The third kappa shape index (κ3) is 5.17. The molecule has 0 aliphatic heterocycles. The van der Waals surface area contributed by atoms with Gasteiger partial charge in [0.25, 0.3) is 5.91 Å². The van der Waals surface area contributed by atoms with E-state index in [1.807, 2.05) is 26.0 Å². The smallest absolute Gasteiger partial charge is 0.260 e. The van der Waals surface area contributed by atoms with Crippen LogP contribution in [0.4, 0.5) is 0 Å². The minimum atomic E-state index is -0.0444. The summed E-state index contributed by atoms with van der Waals surface area (Å²) in [4.78, 5) is 17.7. The summed E-state index contributed by atoms with van der Waals surface area (Å²) < 4.78 is 5.44. The van der Waals surface area contributed by atoms with Gasteiger partial charge < -0.3 is 15.4 Å². The monoisotopic (exact) mass is 279 g/mol. The van der Waals surface area contributed by atoms with Crippen molar-refractivity contribution in [3.63, 3.8) is 0 Å². The Labute approximate surface area is 121 Å². The molecule has 20 heavy (non-hydrogen) atoms. The lowest BCUT2D eigenvalue weighted by molar-refractivity contribution is -0.133. The molecule has 1 amide bonds. The number of amides is 1. The number of hydrogen-bond acceptors (Lipinski definition) is 4. The van der Waals surface area contributed by atoms with Gasteiger partial charge in [0.15, 0.2) is 6.61 Å². The molecule has 0 bridgehead atoms. The molecule has 0 saturated heterocycles. The lowest BCUT2D eigenvalue weighted by Crippen LogP contribution is -2.36. The van der Waals surface area contributed by atoms with Crippen molar-refractivity contribution in [2.24, 2.45) is 5.73 Å². The molecule has 0 saturated carbocycles. The van der Waals surface area contributed by atoms with Crippen molar-refractivity contribution in [2.75, 3.05) is 13.7 Å². The van der Waals surface area contributed by atoms with Gasteiger partial charge in [-0.15, -0.1) is 0 Å². The second-order valence-corrected chi connectivity index (χ2v) is 5.24. The van der Waals surface area contributed by atoms with Crippen LogP contribution in [0.25, 0.3) is 0 Å². The lowest BCUT2D eigenvalue weighted by atomic mass is 10.1. The molecular formula is C15H25N3O2. The van der Waals surface area contributed by atoms with Crippen LogP contribution >= 0.6 is 0 Å². The first-order chi connectivity index (χ1) is 9.43. The fourth-order valence-corrected chi connectivity index (χ4v) is 1.56. The topological polar surface area (TPSA) is 68.5 Å². The van der Waals surface area contributed by atoms with Gasteiger partial charge in [-0.2, -0.15) is 0 Å². The zero-order valence-corrected chi connectivity index (χ0v) is 12.8. The van der Waals surface area contributed by atoms with Crippen LogP contribution in [0, 0.1) is 0 Å². The highest BCUT2D eigenvalue weighted by Gasteiger charge is 2.12. The molecule has 112 valence electrons. The third-order valence-electron chi connectivity index (χ3n) is 3.32. The van der Waals surface area contributed by atoms with Gasteiger partial charge in [0.2, 0.25) is 0 Å². The molecule has 2 N–H and O–H groups in total. The van der Waals surface area contributed by atoms with E-state index >= 15 is 0 Å². The molecule has 0 aliphatic carbocycles. The van der Waals surface area contributed by atoms with E-state index in [1.165, 1.54) is 0 Å². The molecule has 0 aliphatic rings. The Morgan fingerprint density at radius 3 is 2.65 bits per heavy atom. The summed E-state index contributed by atoms with van der Waals surface area (Å²) >= 11 is 0. The normalized spacial score (nSPS) is 12.3. The number of pyridine rings is 1. The number of nitrogens with zero attached hydrogens (tertiary/aromatic N) is 2. The standard InChI is InChI=1S/C15H25N3O2/c1-5-12(16)8-13-6-7-14(9-17-13)20-10-15(19)18(4)11(2)3/h6-7,9,11-12H,5,8,10,16H2,1-4H3. The maximum absolute atomic E-state index is 11.8. The van der Waals surface area contributed by atoms with Crippen LogP contribution in [0.1, 0.15) is 32.9 Å². The van der Waals surface area contributed by atoms with E-state index in [2.05, 4.69) is 11.9 Å². The zero-order chi connectivity index (χ0) is 15.1. The van der Waals surface area contributed by atoms with Crippen LogP contribution in [0.3, 0.4) is 0 Å². The summed E-state index contributed by atoms with van der Waals surface area (Å²) in [6.07, 6.45) is 3.32. The van der Waals surface area contributed by atoms with E-state index in [0.717, 1.165) is 18.5 Å². The molecule has 1 aromatic rings. The van der Waals surface area contributed by atoms with Gasteiger partial charge in [-0.1, -0.05) is 6.92 Å². The zero-order valence-electron chi connectivity index (χ0n) is 12.8. The van der Waals surface area contributed by atoms with Gasteiger partial charge in [-0.25, -0.2) is 0 Å². The molecule has 0 spiro atoms. The average molecular weight is 279 g/mol. The quantitative estimate of drug-likeness (QED) is 0.823. The second kappa shape index (κ2) is 7.85. The molecule has 0 fully saturated rings. The summed E-state index contributed by atoms with van der Waals surface area (Å²) in [5.41, 5.74) is 6.82. The number of carbonyl (C=O) groups is 1. The van der Waals surface area contributed by atoms with Gasteiger partial charge in [-0.05, 0) is 32.4 Å². The van der Waals surface area contributed by atoms with Crippen LogP contribution in [0.15, 0.2) is 18.3 Å². The Bertz CT molecular complexity index is 418. The maximum Gasteiger partial charge on any atom is 0.260 e. The molecule has 5 heteroatoms. The third-order valence-corrected chi connectivity index (χ3v) is 3.32. The lowest BCUT2D eigenvalue weighted by Gasteiger charge is -2.21. The Morgan fingerprint density at radius 2 is 2.15 bits per heavy atom. The highest BCUT2D eigenvalue weighted by Crippen LogP contribution is 2.11. The molecule has 1 atom stereocenters. The van der Waals surface area contributed by atoms with Crippen molar-refractivity contribution in [1.82, 2.24) is 9.88 Å². The highest BCUT2D eigenvalue weighted by atomic mass is 16.5. The number of aromatic nitrogens is 1. The van der Waals surface area contributed by atoms with E-state index in [4.69, 9.17) is 10.5 Å². The highest BCUT2D eigenvalue weighted by molar-refractivity contribution is 5.77. The van der Waals surface area contributed by atoms with E-state index in [-0.39, 0.29) is 24.6 Å². The van der Waals surface area contributed by atoms with Crippen LogP contribution < -0.4 is 10.5 Å². The molecule has 1 unspecified atom stereocenters. The Hall–Kier alpha value is -1.62. The van der Waals surface area contributed by atoms with Crippen LogP contribution in [0.5, 0.6) is 5.75 Å². The van der Waals surface area contributed by atoms with Crippen molar-refractivity contribution in [2.45, 2.75) is 45.7 Å². The molecule has 0 radical (unpaired) electrons. The summed E-state index contributed by atoms with van der Waals surface area (Å²) in [6, 6.07) is 4.02. The van der Waals surface area contributed by atoms with Gasteiger partial charge in [0.05, 0.1) is 6.20 Å². The minimum absolute atomic E-state index is 0.0319. The fraction of sp³-hybridized carbons (Fsp3) is 0.600. The molecule has 0 aromatic carbocycles. The predicted molar refractivity (Wildman–Crippen MR) is 79.6 cm³/mol. The van der Waals surface area contributed by atoms with Crippen molar-refractivity contribution < 1.29 is 9.53 Å². The summed E-state index contributed by atoms with van der Waals surface area (Å²) in [5, 5.41) is 0. The minimum Gasteiger partial charge on any atom is -0.482 e. The Kier molecular flexibility index (Phi) is 6.45. The average Bonchev–Trinajstić information content (AvgIpc) is 2.45. The van der Waals surface area contributed by atoms with Gasteiger partial charge in [-0.3, -0.25) is 9.78 Å². The molecule has 5 nitrogen and oxygen atoms in total. The largest absolute Gasteiger partial charge is 0.482 e. The first-order valence-electron chi connectivity index (χ1n) is 7.03. The van der Waals surface area contributed by atoms with E-state index < -0.39 is 0 Å². The summed E-state index contributed by atoms with van der Waals surface area (Å²) in [5.74, 6) is 0.557. The number of hydrogen-bond donors (Lipinski definition) is 1. The summed E-state index contributed by atoms with van der Waals surface area (Å²) in [6.45, 7) is 6.01. The molecule has 1 rings (SSSR count). The first kappa shape index (κ1) is 16.4. The van der Waals surface area contributed by atoms with Crippen molar-refractivity contribution in [3.8, 4) is 5.75 Å². The number of nitrogens with two attached hydrogens (primary N) is 1. The number of likely N-dealkylation sites (N-methyl/N-ethyl adjacent to an activating group) is 1. The van der Waals surface area contributed by atoms with Crippen molar-refractivity contribution >= 4 is 5.91 Å². The van der Waals surface area contributed by atoms with E-state index in [9.17, 15) is 4.79 Å². The summed E-state index contributed by atoms with van der Waals surface area (Å²) in [7, 11) is 1.77. The Morgan fingerprint density at radius 1 is 1.45 bits per heavy atom. The maximum atomic E-state index is 11.8.